The minimum atomic E-state index is -2.73. The molecule has 0 aromatic rings. The second-order valence-corrected chi connectivity index (χ2v) is 36.5. The summed E-state index contributed by atoms with van der Waals surface area (Å²) in [5.74, 6) is -3.97. The number of ether oxygens (including phenoxy) is 23. The Morgan fingerprint density at radius 1 is 0.197 bits per heavy atom. The normalized spacial score (nSPS) is 50.9. The van der Waals surface area contributed by atoms with Crippen LogP contribution in [0.3, 0.4) is 0 Å². The van der Waals surface area contributed by atoms with Crippen LogP contribution in [-0.4, -0.2) is 610 Å². The van der Waals surface area contributed by atoms with Crippen LogP contribution < -0.4 is 21.3 Å². The maximum atomic E-state index is 13.9. The van der Waals surface area contributed by atoms with E-state index in [1.54, 1.807) is 0 Å². The zero-order valence-electron chi connectivity index (χ0n) is 76.9. The number of carbonyl (C=O) groups excluding carboxylic acids is 4. The fourth-order valence-corrected chi connectivity index (χ4v) is 18.7. The van der Waals surface area contributed by atoms with Crippen LogP contribution in [0.1, 0.15) is 48.5 Å². The van der Waals surface area contributed by atoms with E-state index in [-0.39, 0.29) is 0 Å². The van der Waals surface area contributed by atoms with Crippen LogP contribution >= 0.6 is 0 Å². The third-order valence-electron chi connectivity index (χ3n) is 26.6. The average Bonchev–Trinajstić information content (AvgIpc) is 0.760. The molecule has 35 N–H and O–H groups in total. The minimum Gasteiger partial charge on any atom is -0.394 e. The van der Waals surface area contributed by atoms with Gasteiger partial charge in [-0.25, -0.2) is 0 Å². The van der Waals surface area contributed by atoms with E-state index in [4.69, 9.17) is 109 Å². The first-order valence-corrected chi connectivity index (χ1v) is 45.7. The van der Waals surface area contributed by atoms with E-state index < -0.39 is 451 Å². The van der Waals surface area contributed by atoms with Gasteiger partial charge < -0.3 is 289 Å². The van der Waals surface area contributed by atoms with Crippen LogP contribution in [0.15, 0.2) is 0 Å². The molecule has 12 rings (SSSR count). The fraction of sp³-hybridized carbons (Fsp3) is 0.950. The van der Waals surface area contributed by atoms with Crippen LogP contribution in [0, 0.1) is 0 Å². The summed E-state index contributed by atoms with van der Waals surface area (Å²) in [4.78, 5) is 53.0. The Balaban J connectivity index is 0.920. The maximum absolute atomic E-state index is 13.9. The third-order valence-corrected chi connectivity index (χ3v) is 26.6. The molecule has 0 aromatic heterocycles. The predicted molar refractivity (Wildman–Crippen MR) is 437 cm³/mol. The molecule has 0 radical (unpaired) electrons. The zero-order chi connectivity index (χ0) is 104. The molecule has 0 aromatic carbocycles. The molecule has 12 aliphatic heterocycles. The molecular formula is C80H134N4O58. The number of aliphatic hydroxyl groups is 31. The highest BCUT2D eigenvalue weighted by Crippen LogP contribution is 2.44. The van der Waals surface area contributed by atoms with Crippen molar-refractivity contribution in [1.29, 1.82) is 0 Å². The van der Waals surface area contributed by atoms with Crippen molar-refractivity contribution in [3.8, 4) is 0 Å². The van der Waals surface area contributed by atoms with Gasteiger partial charge in [-0.1, -0.05) is 0 Å². The summed E-state index contributed by atoms with van der Waals surface area (Å²) in [6.45, 7) is -3.64. The number of aliphatic hydroxyl groups excluding tert-OH is 31. The molecule has 0 spiro atoms. The highest BCUT2D eigenvalue weighted by Gasteiger charge is 2.64. The number of hydrogen-bond acceptors (Lipinski definition) is 58. The largest absolute Gasteiger partial charge is 0.394 e. The highest BCUT2D eigenvalue weighted by molar-refractivity contribution is 5.74. The van der Waals surface area contributed by atoms with Gasteiger partial charge in [-0.15, -0.1) is 0 Å². The summed E-state index contributed by atoms with van der Waals surface area (Å²) in [7, 11) is 0. The molecule has 822 valence electrons. The molecule has 12 aliphatic rings. The lowest BCUT2D eigenvalue weighted by molar-refractivity contribution is -0.408. The quantitative estimate of drug-likeness (QED) is 0.0280. The first-order valence-electron chi connectivity index (χ1n) is 45.7. The first-order chi connectivity index (χ1) is 67.1. The van der Waals surface area contributed by atoms with Crippen molar-refractivity contribution < 1.29 is 286 Å². The summed E-state index contributed by atoms with van der Waals surface area (Å²) in [5.41, 5.74) is 0. The summed E-state index contributed by atoms with van der Waals surface area (Å²) in [6.07, 6.45) is -120. The van der Waals surface area contributed by atoms with Gasteiger partial charge in [0.05, 0.1) is 77.8 Å². The smallest absolute Gasteiger partial charge is 0.217 e. The number of hydrogen-bond donors (Lipinski definition) is 35. The monoisotopic (exact) mass is 2080 g/mol. The molecule has 142 heavy (non-hydrogen) atoms. The van der Waals surface area contributed by atoms with Gasteiger partial charge in [0.1, 0.15) is 274 Å². The van der Waals surface area contributed by atoms with E-state index in [2.05, 4.69) is 21.3 Å². The van der Waals surface area contributed by atoms with Crippen molar-refractivity contribution in [1.82, 2.24) is 21.3 Å². The number of rotatable bonds is 35. The Morgan fingerprint density at radius 3 is 0.817 bits per heavy atom. The second kappa shape index (κ2) is 50.3. The molecule has 0 bridgehead atoms. The molecular weight excluding hydrogens is 1940 g/mol. The molecule has 0 unspecified atom stereocenters. The Labute approximate surface area is 805 Å². The Hall–Kier alpha value is -4.28. The minimum absolute atomic E-state index is 0.828. The molecule has 12 saturated heterocycles. The van der Waals surface area contributed by atoms with Gasteiger partial charge in [-0.3, -0.25) is 19.2 Å². The summed E-state index contributed by atoms with van der Waals surface area (Å²) >= 11 is 0. The van der Waals surface area contributed by atoms with Crippen LogP contribution in [-0.2, 0) is 128 Å². The number of amides is 4. The Bertz CT molecular complexity index is 3940. The zero-order valence-corrected chi connectivity index (χ0v) is 76.9. The lowest BCUT2D eigenvalue weighted by Crippen LogP contribution is -2.72. The van der Waals surface area contributed by atoms with Crippen molar-refractivity contribution >= 4 is 23.6 Å². The standard InChI is InChI=1S/C80H134N4O58/c1-17-37(97)47(107)54(114)73(121-17)137-63-35(83-22(6)95)71(130-30(14-91)61(63)135-76-57(117)50(110)40(100)24(8-85)125-76)140-66-51(111)41(101)25(9-86)126-78(66)120-16-32-44(104)65(58(118)77(132-32)134-60-29(13-90)129-70(34(46(60)106)82-21(5)94)133-59-28(12-89)124-69(119)33(45(59)105)81-20(4)93)139-80-67(52(112)42(102)27(11-88)128-80)141-72-36(84-23(7)96)64(138-74-55(115)48(108)38(98)18(2)122-74)62(31(15-92)131-72)136-79-68(53(113)43(103)26(10-87)127-79)142-75-56(116)49(109)39(99)19(3)123-75/h17-19,24-80,85-92,97-119H,8-16H2,1-7H3,(H,81,93)(H,82,94)(H,83,95)(H,84,96)/t17-,18-,19-,24+,25+,26+,27+,28+,29+,30+,31+,32+,33+,34+,35+,36+,37+,38+,39+,40-,41+,42+,43-,44+,45+,46+,47+,48+,49+,50-,51-,52-,53-,54-,55-,56-,57+,58-,59+,60+,61+,62+,63+,64+,65-,66-,67-,68+,69-,70-,71-,72-,73-,74-,75-,76-,77-,78-,79-,80+/m0/s1. The molecule has 4 amide bonds. The van der Waals surface area contributed by atoms with E-state index in [0.717, 1.165) is 27.7 Å². The molecule has 0 saturated carbocycles. The van der Waals surface area contributed by atoms with Crippen LogP contribution in [0.25, 0.3) is 0 Å². The Kier molecular flexibility index (Phi) is 41.2. The summed E-state index contributed by atoms with van der Waals surface area (Å²) < 4.78 is 140. The van der Waals surface area contributed by atoms with E-state index in [1.165, 1.54) is 20.8 Å². The van der Waals surface area contributed by atoms with Crippen molar-refractivity contribution in [3.05, 3.63) is 0 Å². The number of carbonyl (C=O) groups is 4. The van der Waals surface area contributed by atoms with Gasteiger partial charge in [0.15, 0.2) is 75.5 Å². The topological polar surface area (TPSA) is 956 Å². The Morgan fingerprint density at radius 2 is 0.437 bits per heavy atom. The maximum Gasteiger partial charge on any atom is 0.217 e. The second-order valence-electron chi connectivity index (χ2n) is 36.5. The van der Waals surface area contributed by atoms with E-state index >= 15 is 0 Å². The molecule has 12 fully saturated rings. The first kappa shape index (κ1) is 116. The summed E-state index contributed by atoms with van der Waals surface area (Å²) in [6, 6.07) is -8.00. The van der Waals surface area contributed by atoms with Crippen molar-refractivity contribution in [3.63, 3.8) is 0 Å². The molecule has 62 heteroatoms. The summed E-state index contributed by atoms with van der Waals surface area (Å²) in [5, 5.41) is 361. The fourth-order valence-electron chi connectivity index (χ4n) is 18.7. The van der Waals surface area contributed by atoms with Crippen LogP contribution in [0.5, 0.6) is 0 Å². The van der Waals surface area contributed by atoms with Crippen molar-refractivity contribution in [2.45, 2.75) is 417 Å². The van der Waals surface area contributed by atoms with E-state index in [1.807, 2.05) is 0 Å². The SMILES string of the molecule is CC(=O)N[C@@H]1[C@@H](O)[C@H](O[C@@H]2O[C@H](CO)[C@@H](O[C@@H]3O[C@H](CO[C@H]4O[C@H](CO)[C@@H](O)[C@H](O)[C@@H]4O[C@@H]4O[C@H](CO)[C@@H](O[C@@H]5O[C@H](CO)[C@H](O)[C@H](O)[C@H]5O)[C@H](O[C@@H]5O[C@@H](C)[C@@H](O)[C@@H](O)[C@@H]5O)[C@H]4NC(C)=O)[C@@H](O)[C@H](O[C@H]4O[C@H](CO)[C@@H](O)[C@H](O)[C@@H]4O[C@@H]4O[C@H](CO)[C@@H](O[C@@H]5O[C@H](CO)[C@H](O)[C@H](O)[C@H]5O[C@@H]5O[C@@H](C)[C@@H](O)[C@@H](O)[C@@H]5O)[C@H](O[C@@H]5O[C@@H](C)[C@@H](O)[C@@H](O)[C@@H]5O)[C@H]4NC(C)=O)[C@@H]3O)[C@H](O)[C@H]2NC(C)=O)[C@@H](CO)O[C@@H]1O. The molecule has 12 heterocycles. The number of nitrogens with one attached hydrogen (secondary N) is 4. The highest BCUT2D eigenvalue weighted by atomic mass is 16.8. The predicted octanol–water partition coefficient (Wildman–Crippen LogP) is -23.5. The van der Waals surface area contributed by atoms with Gasteiger partial charge >= 0.3 is 0 Å². The van der Waals surface area contributed by atoms with Gasteiger partial charge in [0.25, 0.3) is 0 Å². The van der Waals surface area contributed by atoms with Crippen molar-refractivity contribution in [2.24, 2.45) is 0 Å². The van der Waals surface area contributed by atoms with Crippen molar-refractivity contribution in [2.75, 3.05) is 59.5 Å². The third kappa shape index (κ3) is 25.2. The van der Waals surface area contributed by atoms with Gasteiger partial charge in [0.2, 0.25) is 23.6 Å². The van der Waals surface area contributed by atoms with Gasteiger partial charge in [-0.2, -0.15) is 0 Å². The molecule has 60 atom stereocenters. The molecule has 0 aliphatic carbocycles. The lowest BCUT2D eigenvalue weighted by atomic mass is 9.93. The van der Waals surface area contributed by atoms with E-state index in [0.29, 0.717) is 0 Å². The van der Waals surface area contributed by atoms with Gasteiger partial charge in [0, 0.05) is 27.7 Å². The van der Waals surface area contributed by atoms with Gasteiger partial charge in [-0.05, 0) is 20.8 Å². The van der Waals surface area contributed by atoms with Crippen LogP contribution in [0.4, 0.5) is 0 Å². The van der Waals surface area contributed by atoms with Crippen LogP contribution in [0.2, 0.25) is 0 Å². The lowest BCUT2D eigenvalue weighted by Gasteiger charge is -2.52. The van der Waals surface area contributed by atoms with E-state index in [9.17, 15) is 177 Å². The molecule has 62 nitrogen and oxygen atoms in total. The average molecular weight is 2080 g/mol.